The van der Waals surface area contributed by atoms with Gasteiger partial charge in [-0.2, -0.15) is 0 Å². The first-order valence-corrected chi connectivity index (χ1v) is 4.85. The first-order chi connectivity index (χ1) is 4.85. The fourth-order valence-corrected chi connectivity index (χ4v) is 1.66. The maximum absolute atomic E-state index is 2.29. The van der Waals surface area contributed by atoms with E-state index in [-0.39, 0.29) is 25.9 Å². The Labute approximate surface area is 91.3 Å². The third-order valence-electron chi connectivity index (χ3n) is 2.09. The minimum absolute atomic E-state index is 0. The first kappa shape index (κ1) is 14.3. The van der Waals surface area contributed by atoms with E-state index in [9.17, 15) is 0 Å². The molecule has 0 unspecified atom stereocenters. The molecule has 0 bridgehead atoms. The van der Waals surface area contributed by atoms with Gasteiger partial charge < -0.3 is 2.85 Å². The van der Waals surface area contributed by atoms with Crippen LogP contribution in [0.5, 0.6) is 0 Å². The molecule has 0 aliphatic heterocycles. The summed E-state index contributed by atoms with van der Waals surface area (Å²) >= 11 is 0. The third kappa shape index (κ3) is 8.67. The van der Waals surface area contributed by atoms with Gasteiger partial charge in [0.1, 0.15) is 0 Å². The van der Waals surface area contributed by atoms with Crippen LogP contribution in [0.25, 0.3) is 0 Å². The zero-order valence-electron chi connectivity index (χ0n) is 10.5. The van der Waals surface area contributed by atoms with Gasteiger partial charge in [0.25, 0.3) is 0 Å². The molecule has 0 saturated carbocycles. The van der Waals surface area contributed by atoms with Crippen LogP contribution in [-0.2, 0) is 0 Å². The number of rotatable bonds is 6. The summed E-state index contributed by atoms with van der Waals surface area (Å²) in [4.78, 5) is 0. The minimum Gasteiger partial charge on any atom is -1.00 e. The van der Waals surface area contributed by atoms with Crippen LogP contribution in [0.15, 0.2) is 0 Å². The summed E-state index contributed by atoms with van der Waals surface area (Å²) in [5, 5.41) is 0. The summed E-state index contributed by atoms with van der Waals surface area (Å²) in [6.07, 6.45) is 8.44. The second-order valence-electron chi connectivity index (χ2n) is 3.23. The Bertz CT molecular complexity index is 55.7. The van der Waals surface area contributed by atoms with Gasteiger partial charge in [-0.3, -0.25) is 0 Å². The van der Waals surface area contributed by atoms with E-state index >= 15 is 0 Å². The largest absolute Gasteiger partial charge is 2.00 e. The molecule has 11 heavy (non-hydrogen) atoms. The van der Waals surface area contributed by atoms with E-state index in [1.165, 1.54) is 38.5 Å². The number of hydrogen-bond acceptors (Lipinski definition) is 0. The summed E-state index contributed by atoms with van der Waals surface area (Å²) in [5.74, 6) is 1.03. The average Bonchev–Trinajstić information content (AvgIpc) is 1.90. The topological polar surface area (TPSA) is 0 Å². The summed E-state index contributed by atoms with van der Waals surface area (Å²) in [7, 11) is 0. The third-order valence-corrected chi connectivity index (χ3v) is 2.09. The van der Waals surface area contributed by atoms with E-state index in [0.717, 1.165) is 5.92 Å². The Morgan fingerprint density at radius 1 is 0.818 bits per heavy atom. The van der Waals surface area contributed by atoms with Crippen molar-refractivity contribution in [2.75, 3.05) is 0 Å². The van der Waals surface area contributed by atoms with Crippen LogP contribution >= 0.6 is 0 Å². The van der Waals surface area contributed by atoms with Crippen LogP contribution in [0, 0.1) is 5.92 Å². The smallest absolute Gasteiger partial charge is 1.00 e. The SMILES string of the molecule is CCCC(CCC)CCC.[H-].[H-].[Mg+2]. The molecule has 66 valence electrons. The van der Waals surface area contributed by atoms with E-state index in [1.807, 2.05) is 0 Å². The Morgan fingerprint density at radius 2 is 1.09 bits per heavy atom. The molecule has 0 fully saturated rings. The number of hydrogen-bond donors (Lipinski definition) is 0. The van der Waals surface area contributed by atoms with E-state index < -0.39 is 0 Å². The summed E-state index contributed by atoms with van der Waals surface area (Å²) < 4.78 is 0. The van der Waals surface area contributed by atoms with Crippen LogP contribution in [0.1, 0.15) is 62.1 Å². The fraction of sp³-hybridized carbons (Fsp3) is 1.00. The van der Waals surface area contributed by atoms with Crippen LogP contribution in [0.4, 0.5) is 0 Å². The fourth-order valence-electron chi connectivity index (χ4n) is 1.66. The van der Waals surface area contributed by atoms with Gasteiger partial charge in [-0.25, -0.2) is 0 Å². The Balaban J connectivity index is -0.000000135. The van der Waals surface area contributed by atoms with Gasteiger partial charge in [0.05, 0.1) is 0 Å². The van der Waals surface area contributed by atoms with Crippen molar-refractivity contribution in [3.63, 3.8) is 0 Å². The van der Waals surface area contributed by atoms with Crippen LogP contribution in [-0.4, -0.2) is 23.1 Å². The second kappa shape index (κ2) is 10.8. The molecule has 0 rings (SSSR count). The van der Waals surface area contributed by atoms with Crippen molar-refractivity contribution in [2.45, 2.75) is 59.3 Å². The van der Waals surface area contributed by atoms with Crippen molar-refractivity contribution in [1.29, 1.82) is 0 Å². The van der Waals surface area contributed by atoms with Gasteiger partial charge in [-0.15, -0.1) is 0 Å². The van der Waals surface area contributed by atoms with Crippen molar-refractivity contribution in [1.82, 2.24) is 0 Å². The molecule has 0 aliphatic rings. The maximum atomic E-state index is 2.29. The van der Waals surface area contributed by atoms with Gasteiger partial charge in [0.15, 0.2) is 0 Å². The van der Waals surface area contributed by atoms with Crippen molar-refractivity contribution in [3.05, 3.63) is 0 Å². The van der Waals surface area contributed by atoms with Crippen LogP contribution in [0.3, 0.4) is 0 Å². The van der Waals surface area contributed by atoms with Gasteiger partial charge in [-0.1, -0.05) is 59.3 Å². The Morgan fingerprint density at radius 3 is 1.27 bits per heavy atom. The van der Waals surface area contributed by atoms with Crippen LogP contribution < -0.4 is 0 Å². The molecule has 0 N–H and O–H groups in total. The quantitative estimate of drug-likeness (QED) is 0.529. The van der Waals surface area contributed by atoms with Crippen molar-refractivity contribution in [2.24, 2.45) is 5.92 Å². The summed E-state index contributed by atoms with van der Waals surface area (Å²) in [6, 6.07) is 0. The monoisotopic (exact) mass is 168 g/mol. The van der Waals surface area contributed by atoms with E-state index in [1.54, 1.807) is 0 Å². The standard InChI is InChI=1S/C10H22.Mg.2H/c1-4-7-10(8-5-2)9-6-3;;;/h10H,4-9H2,1-3H3;;;/q;+2;2*-1. The summed E-state index contributed by atoms with van der Waals surface area (Å²) in [6.45, 7) is 6.87. The molecule has 0 heterocycles. The molecule has 0 aromatic rings. The Kier molecular flexibility index (Phi) is 14.0. The molecule has 0 aromatic heterocycles. The maximum Gasteiger partial charge on any atom is 2.00 e. The average molecular weight is 169 g/mol. The molecule has 1 heteroatoms. The molecule has 0 atom stereocenters. The molecule has 0 aromatic carbocycles. The van der Waals surface area contributed by atoms with E-state index in [0.29, 0.717) is 0 Å². The van der Waals surface area contributed by atoms with Gasteiger partial charge in [0.2, 0.25) is 0 Å². The molecular weight excluding hydrogens is 144 g/mol. The normalized spacial score (nSPS) is 9.82. The molecule has 0 radical (unpaired) electrons. The van der Waals surface area contributed by atoms with E-state index in [4.69, 9.17) is 0 Å². The van der Waals surface area contributed by atoms with Gasteiger partial charge in [0, 0.05) is 0 Å². The molecular formula is C10H24Mg. The molecule has 0 nitrogen and oxygen atoms in total. The Hall–Kier alpha value is 0.766. The van der Waals surface area contributed by atoms with Crippen molar-refractivity contribution >= 4 is 23.1 Å². The zero-order chi connectivity index (χ0) is 7.82. The molecule has 0 aliphatic carbocycles. The van der Waals surface area contributed by atoms with Crippen LogP contribution in [0.2, 0.25) is 0 Å². The predicted molar refractivity (Wildman–Crippen MR) is 56.2 cm³/mol. The van der Waals surface area contributed by atoms with Gasteiger partial charge in [-0.05, 0) is 5.92 Å². The molecule has 0 spiro atoms. The minimum atomic E-state index is 0. The second-order valence-corrected chi connectivity index (χ2v) is 3.23. The summed E-state index contributed by atoms with van der Waals surface area (Å²) in [5.41, 5.74) is 0. The first-order valence-electron chi connectivity index (χ1n) is 4.85. The molecule has 0 saturated heterocycles. The zero-order valence-corrected chi connectivity index (χ0v) is 9.94. The van der Waals surface area contributed by atoms with Crippen molar-refractivity contribution in [3.8, 4) is 0 Å². The molecule has 0 amide bonds. The van der Waals surface area contributed by atoms with Crippen molar-refractivity contribution < 1.29 is 2.85 Å². The van der Waals surface area contributed by atoms with E-state index in [2.05, 4.69) is 20.8 Å². The predicted octanol–water partition coefficient (Wildman–Crippen LogP) is 3.85. The van der Waals surface area contributed by atoms with Gasteiger partial charge >= 0.3 is 23.1 Å².